The van der Waals surface area contributed by atoms with Gasteiger partial charge in [-0.15, -0.1) is 24.0 Å². The second-order valence-electron chi connectivity index (χ2n) is 4.90. The molecule has 5 nitrogen and oxygen atoms in total. The van der Waals surface area contributed by atoms with E-state index in [2.05, 4.69) is 10.3 Å². The van der Waals surface area contributed by atoms with Gasteiger partial charge in [0.1, 0.15) is 0 Å². The lowest BCUT2D eigenvalue weighted by molar-refractivity contribution is -0.114. The number of halogens is 1. The van der Waals surface area contributed by atoms with Crippen LogP contribution in [0.2, 0.25) is 0 Å². The molecule has 1 aliphatic carbocycles. The predicted octanol–water partition coefficient (Wildman–Crippen LogP) is 2.17. The van der Waals surface area contributed by atoms with Crippen molar-refractivity contribution in [1.82, 2.24) is 4.90 Å². The fraction of sp³-hybridized carbons (Fsp3) is 0.429. The SMILES string of the molecule is CC(=O)Nc1cccc(CN=C(N)N(C)C2CC2)c1.I. The van der Waals surface area contributed by atoms with Gasteiger partial charge in [-0.1, -0.05) is 12.1 Å². The summed E-state index contributed by atoms with van der Waals surface area (Å²) in [7, 11) is 1.98. The van der Waals surface area contributed by atoms with Crippen molar-refractivity contribution in [3.05, 3.63) is 29.8 Å². The third kappa shape index (κ3) is 4.99. The molecule has 3 N–H and O–H groups in total. The van der Waals surface area contributed by atoms with Crippen molar-refractivity contribution >= 4 is 41.5 Å². The standard InChI is InChI=1S/C14H20N4O.HI/c1-10(19)17-12-5-3-4-11(8-12)9-16-14(15)18(2)13-6-7-13;/h3-5,8,13H,6-7,9H2,1-2H3,(H2,15,16)(H,17,19);1H. The number of hydrogen-bond donors (Lipinski definition) is 2. The molecule has 0 spiro atoms. The topological polar surface area (TPSA) is 70.7 Å². The van der Waals surface area contributed by atoms with E-state index in [-0.39, 0.29) is 29.9 Å². The highest BCUT2D eigenvalue weighted by molar-refractivity contribution is 14.0. The van der Waals surface area contributed by atoms with Crippen molar-refractivity contribution in [3.8, 4) is 0 Å². The van der Waals surface area contributed by atoms with Crippen molar-refractivity contribution in [2.75, 3.05) is 12.4 Å². The highest BCUT2D eigenvalue weighted by Gasteiger charge is 2.27. The molecule has 1 fully saturated rings. The van der Waals surface area contributed by atoms with Gasteiger partial charge in [0.05, 0.1) is 6.54 Å². The second kappa shape index (κ2) is 7.47. The van der Waals surface area contributed by atoms with E-state index in [1.165, 1.54) is 19.8 Å². The third-order valence-electron chi connectivity index (χ3n) is 3.13. The largest absolute Gasteiger partial charge is 0.370 e. The molecule has 20 heavy (non-hydrogen) atoms. The van der Waals surface area contributed by atoms with Gasteiger partial charge in [-0.05, 0) is 30.5 Å². The van der Waals surface area contributed by atoms with Crippen molar-refractivity contribution in [3.63, 3.8) is 0 Å². The first-order valence-corrected chi connectivity index (χ1v) is 6.45. The van der Waals surface area contributed by atoms with Crippen LogP contribution in [0.3, 0.4) is 0 Å². The molecule has 1 aliphatic rings. The summed E-state index contributed by atoms with van der Waals surface area (Å²) in [6, 6.07) is 8.20. The number of anilines is 1. The van der Waals surface area contributed by atoms with E-state index in [4.69, 9.17) is 5.73 Å². The number of aliphatic imine (C=N–C) groups is 1. The quantitative estimate of drug-likeness (QED) is 0.472. The maximum absolute atomic E-state index is 11.0. The van der Waals surface area contributed by atoms with Crippen LogP contribution in [-0.4, -0.2) is 29.9 Å². The number of nitrogens with one attached hydrogen (secondary N) is 1. The summed E-state index contributed by atoms with van der Waals surface area (Å²) >= 11 is 0. The minimum Gasteiger partial charge on any atom is -0.370 e. The molecule has 0 radical (unpaired) electrons. The monoisotopic (exact) mass is 388 g/mol. The maximum Gasteiger partial charge on any atom is 0.221 e. The van der Waals surface area contributed by atoms with E-state index in [9.17, 15) is 4.79 Å². The number of nitrogens with zero attached hydrogens (tertiary/aromatic N) is 2. The fourth-order valence-electron chi connectivity index (χ4n) is 1.88. The third-order valence-corrected chi connectivity index (χ3v) is 3.13. The van der Waals surface area contributed by atoms with Gasteiger partial charge in [0.2, 0.25) is 5.91 Å². The molecule has 0 bridgehead atoms. The first kappa shape index (κ1) is 16.7. The Labute approximate surface area is 136 Å². The number of hydrogen-bond acceptors (Lipinski definition) is 2. The van der Waals surface area contributed by atoms with Gasteiger partial charge in [0.25, 0.3) is 0 Å². The van der Waals surface area contributed by atoms with E-state index in [0.29, 0.717) is 18.5 Å². The summed E-state index contributed by atoms with van der Waals surface area (Å²) in [6.45, 7) is 2.02. The van der Waals surface area contributed by atoms with Crippen LogP contribution in [0.4, 0.5) is 5.69 Å². The molecule has 1 amide bonds. The highest BCUT2D eigenvalue weighted by Crippen LogP contribution is 2.25. The van der Waals surface area contributed by atoms with Gasteiger partial charge >= 0.3 is 0 Å². The minimum absolute atomic E-state index is 0. The predicted molar refractivity (Wildman–Crippen MR) is 92.3 cm³/mol. The van der Waals surface area contributed by atoms with Crippen LogP contribution in [0.1, 0.15) is 25.3 Å². The first-order chi connectivity index (χ1) is 9.06. The number of rotatable bonds is 4. The number of carbonyl (C=O) groups excluding carboxylic acids is 1. The van der Waals surface area contributed by atoms with Gasteiger partial charge < -0.3 is 16.0 Å². The van der Waals surface area contributed by atoms with E-state index < -0.39 is 0 Å². The summed E-state index contributed by atoms with van der Waals surface area (Å²) < 4.78 is 0. The molecule has 1 aromatic rings. The van der Waals surface area contributed by atoms with Gasteiger partial charge in [0, 0.05) is 25.7 Å². The number of benzene rings is 1. The van der Waals surface area contributed by atoms with E-state index in [1.807, 2.05) is 36.2 Å². The van der Waals surface area contributed by atoms with Gasteiger partial charge in [-0.3, -0.25) is 4.79 Å². The average molecular weight is 388 g/mol. The summed E-state index contributed by atoms with van der Waals surface area (Å²) in [6.07, 6.45) is 2.40. The Morgan fingerprint density at radius 2 is 2.20 bits per heavy atom. The molecule has 2 rings (SSSR count). The normalized spacial score (nSPS) is 14.4. The molecule has 0 atom stereocenters. The van der Waals surface area contributed by atoms with E-state index in [0.717, 1.165) is 11.3 Å². The number of carbonyl (C=O) groups is 1. The van der Waals surface area contributed by atoms with Crippen LogP contribution in [-0.2, 0) is 11.3 Å². The van der Waals surface area contributed by atoms with Crippen LogP contribution in [0.5, 0.6) is 0 Å². The molecule has 1 saturated carbocycles. The summed E-state index contributed by atoms with van der Waals surface area (Å²) in [5.41, 5.74) is 7.74. The van der Waals surface area contributed by atoms with Crippen LogP contribution in [0.25, 0.3) is 0 Å². The number of guanidine groups is 1. The minimum atomic E-state index is -0.0753. The molecule has 0 saturated heterocycles. The van der Waals surface area contributed by atoms with Crippen LogP contribution >= 0.6 is 24.0 Å². The lowest BCUT2D eigenvalue weighted by Gasteiger charge is -2.16. The average Bonchev–Trinajstić information content (AvgIpc) is 3.19. The zero-order valence-electron chi connectivity index (χ0n) is 11.8. The molecule has 0 aliphatic heterocycles. The Bertz CT molecular complexity index is 500. The van der Waals surface area contributed by atoms with E-state index in [1.54, 1.807) is 0 Å². The van der Waals surface area contributed by atoms with Crippen molar-refractivity contribution in [2.24, 2.45) is 10.7 Å². The van der Waals surface area contributed by atoms with Gasteiger partial charge in [0.15, 0.2) is 5.96 Å². The Hall–Kier alpha value is -1.31. The van der Waals surface area contributed by atoms with Crippen molar-refractivity contribution < 1.29 is 4.79 Å². The molecule has 0 heterocycles. The zero-order chi connectivity index (χ0) is 13.8. The number of nitrogens with two attached hydrogens (primary N) is 1. The molecule has 1 aromatic carbocycles. The molecular formula is C14H21IN4O. The Kier molecular flexibility index (Phi) is 6.25. The lowest BCUT2D eigenvalue weighted by Crippen LogP contribution is -2.35. The second-order valence-corrected chi connectivity index (χ2v) is 4.90. The smallest absolute Gasteiger partial charge is 0.221 e. The Balaban J connectivity index is 0.00000200. The van der Waals surface area contributed by atoms with E-state index >= 15 is 0 Å². The van der Waals surface area contributed by atoms with Gasteiger partial charge in [-0.25, -0.2) is 4.99 Å². The number of amides is 1. The molecule has 0 aromatic heterocycles. The van der Waals surface area contributed by atoms with Crippen LogP contribution in [0.15, 0.2) is 29.3 Å². The molecule has 110 valence electrons. The highest BCUT2D eigenvalue weighted by atomic mass is 127. The molecule has 6 heteroatoms. The van der Waals surface area contributed by atoms with Crippen LogP contribution in [0, 0.1) is 0 Å². The summed E-state index contributed by atoms with van der Waals surface area (Å²) in [5, 5.41) is 2.75. The molecule has 0 unspecified atom stereocenters. The van der Waals surface area contributed by atoms with Gasteiger partial charge in [-0.2, -0.15) is 0 Å². The Morgan fingerprint density at radius 3 is 2.80 bits per heavy atom. The molecular weight excluding hydrogens is 367 g/mol. The Morgan fingerprint density at radius 1 is 1.50 bits per heavy atom. The summed E-state index contributed by atoms with van der Waals surface area (Å²) in [4.78, 5) is 17.4. The fourth-order valence-corrected chi connectivity index (χ4v) is 1.88. The van der Waals surface area contributed by atoms with Crippen molar-refractivity contribution in [2.45, 2.75) is 32.4 Å². The first-order valence-electron chi connectivity index (χ1n) is 6.45. The zero-order valence-corrected chi connectivity index (χ0v) is 14.1. The lowest BCUT2D eigenvalue weighted by atomic mass is 10.2. The maximum atomic E-state index is 11.0. The van der Waals surface area contributed by atoms with Crippen LogP contribution < -0.4 is 11.1 Å². The van der Waals surface area contributed by atoms with Crippen molar-refractivity contribution in [1.29, 1.82) is 0 Å². The summed E-state index contributed by atoms with van der Waals surface area (Å²) in [5.74, 6) is 0.501.